The minimum Gasteiger partial charge on any atom is -0.281 e. The SMILES string of the molecule is O=C(c1ccc([N+](=O)[O-])cc1)N(O)c1ccc(Br)cc1. The van der Waals surface area contributed by atoms with E-state index in [1.165, 1.54) is 24.3 Å². The van der Waals surface area contributed by atoms with Crippen molar-refractivity contribution in [1.82, 2.24) is 0 Å². The van der Waals surface area contributed by atoms with Crippen molar-refractivity contribution < 1.29 is 14.9 Å². The smallest absolute Gasteiger partial charge is 0.281 e. The Morgan fingerprint density at radius 1 is 1.10 bits per heavy atom. The van der Waals surface area contributed by atoms with E-state index in [9.17, 15) is 20.1 Å². The van der Waals surface area contributed by atoms with Gasteiger partial charge in [0.2, 0.25) is 0 Å². The van der Waals surface area contributed by atoms with E-state index in [1.54, 1.807) is 24.3 Å². The number of carbonyl (C=O) groups is 1. The van der Waals surface area contributed by atoms with E-state index >= 15 is 0 Å². The molecule has 1 N–H and O–H groups in total. The lowest BCUT2D eigenvalue weighted by Crippen LogP contribution is -2.26. The fraction of sp³-hybridized carbons (Fsp3) is 0. The van der Waals surface area contributed by atoms with Crippen LogP contribution in [0.2, 0.25) is 0 Å². The number of non-ortho nitro benzene ring substituents is 1. The summed E-state index contributed by atoms with van der Waals surface area (Å²) in [7, 11) is 0. The van der Waals surface area contributed by atoms with Crippen LogP contribution in [0.1, 0.15) is 10.4 Å². The standard InChI is InChI=1S/C13H9BrN2O4/c14-10-3-7-11(8-4-10)15(18)13(17)9-1-5-12(6-2-9)16(19)20/h1-8,18H. The van der Waals surface area contributed by atoms with Crippen molar-refractivity contribution in [3.8, 4) is 0 Å². The Morgan fingerprint density at radius 2 is 1.65 bits per heavy atom. The summed E-state index contributed by atoms with van der Waals surface area (Å²) >= 11 is 3.25. The van der Waals surface area contributed by atoms with Gasteiger partial charge in [-0.05, 0) is 36.4 Å². The minimum atomic E-state index is -0.665. The van der Waals surface area contributed by atoms with E-state index < -0.39 is 10.8 Å². The lowest BCUT2D eigenvalue weighted by molar-refractivity contribution is -0.384. The summed E-state index contributed by atoms with van der Waals surface area (Å²) in [5.41, 5.74) is 0.340. The molecule has 0 aliphatic carbocycles. The predicted octanol–water partition coefficient (Wildman–Crippen LogP) is 3.39. The molecule has 0 radical (unpaired) electrons. The van der Waals surface area contributed by atoms with Gasteiger partial charge >= 0.3 is 0 Å². The lowest BCUT2D eigenvalue weighted by atomic mass is 10.2. The second-order valence-corrected chi connectivity index (χ2v) is 4.81. The molecule has 2 aromatic carbocycles. The number of nitro groups is 1. The van der Waals surface area contributed by atoms with Gasteiger partial charge in [0.05, 0.1) is 10.6 Å². The van der Waals surface area contributed by atoms with Crippen molar-refractivity contribution in [3.63, 3.8) is 0 Å². The number of halogens is 1. The van der Waals surface area contributed by atoms with E-state index in [0.29, 0.717) is 10.8 Å². The Hall–Kier alpha value is -2.25. The topological polar surface area (TPSA) is 83.7 Å². The molecule has 7 heteroatoms. The zero-order valence-electron chi connectivity index (χ0n) is 10.1. The number of nitro benzene ring substituents is 1. The number of anilines is 1. The number of rotatable bonds is 3. The summed E-state index contributed by atoms with van der Waals surface area (Å²) in [4.78, 5) is 22.0. The molecule has 0 fully saturated rings. The van der Waals surface area contributed by atoms with Gasteiger partial charge in [-0.3, -0.25) is 20.1 Å². The maximum absolute atomic E-state index is 12.0. The fourth-order valence-corrected chi connectivity index (χ4v) is 1.81. The number of hydrogen-bond acceptors (Lipinski definition) is 4. The summed E-state index contributed by atoms with van der Waals surface area (Å²) in [6.45, 7) is 0. The third-order valence-electron chi connectivity index (χ3n) is 2.59. The number of hydrogen-bond donors (Lipinski definition) is 1. The molecule has 0 spiro atoms. The quantitative estimate of drug-likeness (QED) is 0.529. The van der Waals surface area contributed by atoms with Gasteiger partial charge in [-0.15, -0.1) is 0 Å². The zero-order valence-corrected chi connectivity index (χ0v) is 11.6. The first-order valence-corrected chi connectivity index (χ1v) is 6.31. The highest BCUT2D eigenvalue weighted by atomic mass is 79.9. The molecule has 0 unspecified atom stereocenters. The van der Waals surface area contributed by atoms with Crippen molar-refractivity contribution >= 4 is 33.2 Å². The summed E-state index contributed by atoms with van der Waals surface area (Å²) < 4.78 is 0.817. The third-order valence-corrected chi connectivity index (χ3v) is 3.12. The molecule has 20 heavy (non-hydrogen) atoms. The average Bonchev–Trinajstić information content (AvgIpc) is 2.46. The van der Waals surface area contributed by atoms with Gasteiger partial charge in [-0.1, -0.05) is 15.9 Å². The van der Waals surface area contributed by atoms with Crippen LogP contribution in [0, 0.1) is 10.1 Å². The number of benzene rings is 2. The molecule has 0 atom stereocenters. The van der Waals surface area contributed by atoms with E-state index in [4.69, 9.17) is 0 Å². The van der Waals surface area contributed by atoms with Gasteiger partial charge < -0.3 is 0 Å². The molecular formula is C13H9BrN2O4. The molecule has 6 nitrogen and oxygen atoms in total. The summed E-state index contributed by atoms with van der Waals surface area (Å²) in [5, 5.41) is 20.9. The summed E-state index contributed by atoms with van der Waals surface area (Å²) in [5.74, 6) is -0.665. The molecule has 0 aromatic heterocycles. The van der Waals surface area contributed by atoms with Gasteiger partial charge in [0, 0.05) is 22.2 Å². The predicted molar refractivity (Wildman–Crippen MR) is 75.8 cm³/mol. The van der Waals surface area contributed by atoms with Gasteiger partial charge in [0.15, 0.2) is 0 Å². The summed E-state index contributed by atoms with van der Waals surface area (Å²) in [6.07, 6.45) is 0. The fourth-order valence-electron chi connectivity index (χ4n) is 1.55. The first-order chi connectivity index (χ1) is 9.49. The molecule has 0 aliphatic rings. The van der Waals surface area contributed by atoms with E-state index in [1.807, 2.05) is 0 Å². The molecule has 0 bridgehead atoms. The van der Waals surface area contributed by atoms with Crippen molar-refractivity contribution in [3.05, 3.63) is 68.7 Å². The zero-order chi connectivity index (χ0) is 14.7. The van der Waals surface area contributed by atoms with Gasteiger partial charge in [0.1, 0.15) is 0 Å². The van der Waals surface area contributed by atoms with Gasteiger partial charge in [-0.2, -0.15) is 5.06 Å². The molecule has 0 saturated carbocycles. The van der Waals surface area contributed by atoms with Gasteiger partial charge in [0.25, 0.3) is 11.6 Å². The number of hydroxylamine groups is 1. The van der Waals surface area contributed by atoms with Crippen LogP contribution in [0.25, 0.3) is 0 Å². The van der Waals surface area contributed by atoms with Crippen LogP contribution in [-0.2, 0) is 0 Å². The van der Waals surface area contributed by atoms with E-state index in [2.05, 4.69) is 15.9 Å². The van der Waals surface area contributed by atoms with Crippen LogP contribution < -0.4 is 5.06 Å². The first kappa shape index (κ1) is 14.2. The Bertz CT molecular complexity index is 640. The highest BCUT2D eigenvalue weighted by molar-refractivity contribution is 9.10. The Kier molecular flexibility index (Phi) is 4.11. The Balaban J connectivity index is 2.22. The lowest BCUT2D eigenvalue weighted by Gasteiger charge is -2.14. The van der Waals surface area contributed by atoms with Crippen LogP contribution in [-0.4, -0.2) is 16.0 Å². The van der Waals surface area contributed by atoms with Crippen molar-refractivity contribution in [1.29, 1.82) is 0 Å². The largest absolute Gasteiger partial charge is 0.281 e. The van der Waals surface area contributed by atoms with E-state index in [0.717, 1.165) is 4.47 Å². The number of carbonyl (C=O) groups excluding carboxylic acids is 1. The Morgan fingerprint density at radius 3 is 2.15 bits per heavy atom. The van der Waals surface area contributed by atoms with Crippen LogP contribution in [0.5, 0.6) is 0 Å². The molecule has 2 aromatic rings. The molecule has 0 saturated heterocycles. The van der Waals surface area contributed by atoms with Crippen molar-refractivity contribution in [2.24, 2.45) is 0 Å². The highest BCUT2D eigenvalue weighted by Crippen LogP contribution is 2.20. The first-order valence-electron chi connectivity index (χ1n) is 5.52. The second-order valence-electron chi connectivity index (χ2n) is 3.90. The van der Waals surface area contributed by atoms with Crippen LogP contribution in [0.3, 0.4) is 0 Å². The molecule has 0 heterocycles. The third kappa shape index (κ3) is 3.01. The molecule has 2 rings (SSSR count). The number of amides is 1. The monoisotopic (exact) mass is 336 g/mol. The van der Waals surface area contributed by atoms with Crippen LogP contribution in [0.4, 0.5) is 11.4 Å². The average molecular weight is 337 g/mol. The molecule has 1 amide bonds. The maximum Gasteiger partial charge on any atom is 0.281 e. The minimum absolute atomic E-state index is 0.116. The van der Waals surface area contributed by atoms with E-state index in [-0.39, 0.29) is 11.3 Å². The molecule has 0 aliphatic heterocycles. The normalized spacial score (nSPS) is 10.1. The summed E-state index contributed by atoms with van der Waals surface area (Å²) in [6, 6.07) is 11.5. The van der Waals surface area contributed by atoms with Gasteiger partial charge in [-0.25, -0.2) is 0 Å². The highest BCUT2D eigenvalue weighted by Gasteiger charge is 2.16. The maximum atomic E-state index is 12.0. The number of nitrogens with zero attached hydrogens (tertiary/aromatic N) is 2. The van der Waals surface area contributed by atoms with Crippen molar-refractivity contribution in [2.45, 2.75) is 0 Å². The van der Waals surface area contributed by atoms with Crippen molar-refractivity contribution in [2.75, 3.05) is 5.06 Å². The molecular weight excluding hydrogens is 328 g/mol. The molecule has 102 valence electrons. The Labute approximate surface area is 122 Å². The second kappa shape index (κ2) is 5.81. The van der Waals surface area contributed by atoms with Crippen LogP contribution in [0.15, 0.2) is 53.0 Å². The van der Waals surface area contributed by atoms with Crippen LogP contribution >= 0.6 is 15.9 Å².